The SMILES string of the molecule is CC(C)CCn1c(SCC(=O)NC2(C#N)CCCCC2)nc2ccccc2c1=O. The Morgan fingerprint density at radius 3 is 2.72 bits per heavy atom. The second-order valence-corrected chi connectivity index (χ2v) is 9.08. The fraction of sp³-hybridized carbons (Fsp3) is 0.545. The third-order valence-corrected chi connectivity index (χ3v) is 6.37. The maximum Gasteiger partial charge on any atom is 0.262 e. The Kier molecular flexibility index (Phi) is 6.96. The number of amides is 1. The van der Waals surface area contributed by atoms with Gasteiger partial charge >= 0.3 is 0 Å². The lowest BCUT2D eigenvalue weighted by atomic mass is 9.83. The van der Waals surface area contributed by atoms with E-state index >= 15 is 0 Å². The molecule has 0 radical (unpaired) electrons. The van der Waals surface area contributed by atoms with E-state index in [9.17, 15) is 14.9 Å². The molecule has 0 unspecified atom stereocenters. The van der Waals surface area contributed by atoms with E-state index in [2.05, 4.69) is 30.2 Å². The van der Waals surface area contributed by atoms with Crippen molar-refractivity contribution < 1.29 is 4.79 Å². The minimum absolute atomic E-state index is 0.0695. The summed E-state index contributed by atoms with van der Waals surface area (Å²) in [5, 5.41) is 13.7. The summed E-state index contributed by atoms with van der Waals surface area (Å²) in [7, 11) is 0. The van der Waals surface area contributed by atoms with E-state index in [1.807, 2.05) is 18.2 Å². The van der Waals surface area contributed by atoms with Crippen LogP contribution in [0.15, 0.2) is 34.2 Å². The number of benzene rings is 1. The molecule has 29 heavy (non-hydrogen) atoms. The number of aromatic nitrogens is 2. The van der Waals surface area contributed by atoms with Crippen LogP contribution in [-0.2, 0) is 11.3 Å². The van der Waals surface area contributed by atoms with E-state index < -0.39 is 5.54 Å². The highest BCUT2D eigenvalue weighted by Crippen LogP contribution is 2.28. The molecule has 1 heterocycles. The van der Waals surface area contributed by atoms with Crippen molar-refractivity contribution in [3.63, 3.8) is 0 Å². The van der Waals surface area contributed by atoms with E-state index in [0.29, 0.717) is 41.4 Å². The number of nitrogens with one attached hydrogen (secondary N) is 1. The molecule has 154 valence electrons. The van der Waals surface area contributed by atoms with Crippen LogP contribution in [0.4, 0.5) is 0 Å². The fourth-order valence-electron chi connectivity index (χ4n) is 3.70. The first-order valence-corrected chi connectivity index (χ1v) is 11.3. The molecule has 1 aliphatic carbocycles. The number of nitriles is 1. The molecule has 0 spiro atoms. The third-order valence-electron chi connectivity index (χ3n) is 5.39. The normalized spacial score (nSPS) is 15.9. The largest absolute Gasteiger partial charge is 0.337 e. The number of hydrogen-bond donors (Lipinski definition) is 1. The Hall–Kier alpha value is -2.33. The van der Waals surface area contributed by atoms with Gasteiger partial charge in [0.15, 0.2) is 5.16 Å². The highest BCUT2D eigenvalue weighted by atomic mass is 32.2. The Balaban J connectivity index is 1.79. The Morgan fingerprint density at radius 2 is 2.03 bits per heavy atom. The van der Waals surface area contributed by atoms with Crippen LogP contribution >= 0.6 is 11.8 Å². The van der Waals surface area contributed by atoms with Crippen molar-refractivity contribution in [1.82, 2.24) is 14.9 Å². The average molecular weight is 413 g/mol. The van der Waals surface area contributed by atoms with Crippen molar-refractivity contribution in [2.75, 3.05) is 5.75 Å². The van der Waals surface area contributed by atoms with Gasteiger partial charge in [-0.15, -0.1) is 0 Å². The number of nitrogens with zero attached hydrogens (tertiary/aromatic N) is 3. The van der Waals surface area contributed by atoms with Crippen molar-refractivity contribution in [2.24, 2.45) is 5.92 Å². The highest BCUT2D eigenvalue weighted by Gasteiger charge is 2.33. The Bertz CT molecular complexity index is 971. The topological polar surface area (TPSA) is 87.8 Å². The fourth-order valence-corrected chi connectivity index (χ4v) is 4.52. The Labute approximate surface area is 175 Å². The molecule has 2 aromatic rings. The molecule has 1 aromatic heterocycles. The molecule has 1 fully saturated rings. The number of carbonyl (C=O) groups excluding carboxylic acids is 1. The van der Waals surface area contributed by atoms with Gasteiger partial charge in [-0.25, -0.2) is 4.98 Å². The van der Waals surface area contributed by atoms with Gasteiger partial charge in [-0.05, 0) is 37.3 Å². The van der Waals surface area contributed by atoms with Crippen LogP contribution in [0.2, 0.25) is 0 Å². The number of carbonyl (C=O) groups is 1. The van der Waals surface area contributed by atoms with Gasteiger partial charge in [-0.1, -0.05) is 57.0 Å². The number of para-hydroxylation sites is 1. The van der Waals surface area contributed by atoms with Gasteiger partial charge in [0, 0.05) is 6.54 Å². The quantitative estimate of drug-likeness (QED) is 0.551. The van der Waals surface area contributed by atoms with E-state index in [1.165, 1.54) is 11.8 Å². The van der Waals surface area contributed by atoms with Crippen LogP contribution in [0.1, 0.15) is 52.4 Å². The van der Waals surface area contributed by atoms with Crippen LogP contribution in [0.5, 0.6) is 0 Å². The highest BCUT2D eigenvalue weighted by molar-refractivity contribution is 7.99. The van der Waals surface area contributed by atoms with E-state index in [-0.39, 0.29) is 17.2 Å². The zero-order valence-corrected chi connectivity index (χ0v) is 17.9. The van der Waals surface area contributed by atoms with Gasteiger partial charge in [-0.2, -0.15) is 5.26 Å². The first-order chi connectivity index (χ1) is 13.9. The minimum atomic E-state index is -0.746. The molecule has 1 aliphatic rings. The molecular formula is C22H28N4O2S. The van der Waals surface area contributed by atoms with Crippen molar-refractivity contribution in [1.29, 1.82) is 5.26 Å². The second-order valence-electron chi connectivity index (χ2n) is 8.14. The molecule has 0 saturated heterocycles. The van der Waals surface area contributed by atoms with Gasteiger partial charge in [0.1, 0.15) is 5.54 Å². The summed E-state index contributed by atoms with van der Waals surface area (Å²) in [6.07, 6.45) is 5.29. The van der Waals surface area contributed by atoms with Gasteiger partial charge < -0.3 is 5.32 Å². The van der Waals surface area contributed by atoms with Gasteiger partial charge in [0.25, 0.3) is 5.56 Å². The third kappa shape index (κ3) is 5.18. The van der Waals surface area contributed by atoms with Crippen LogP contribution < -0.4 is 10.9 Å². The average Bonchev–Trinajstić information content (AvgIpc) is 2.72. The zero-order valence-electron chi connectivity index (χ0n) is 17.1. The van der Waals surface area contributed by atoms with Gasteiger partial charge in [-0.3, -0.25) is 14.2 Å². The van der Waals surface area contributed by atoms with Crippen LogP contribution in [0.25, 0.3) is 10.9 Å². The minimum Gasteiger partial charge on any atom is -0.337 e. The number of rotatable bonds is 7. The van der Waals surface area contributed by atoms with Crippen LogP contribution in [-0.4, -0.2) is 26.8 Å². The molecular weight excluding hydrogens is 384 g/mol. The van der Waals surface area contributed by atoms with Crippen LogP contribution in [0.3, 0.4) is 0 Å². The molecule has 7 heteroatoms. The number of thioether (sulfide) groups is 1. The number of fused-ring (bicyclic) bond motifs is 1. The van der Waals surface area contributed by atoms with Crippen molar-refractivity contribution in [3.8, 4) is 6.07 Å². The summed E-state index contributed by atoms with van der Waals surface area (Å²) < 4.78 is 1.68. The van der Waals surface area contributed by atoms with E-state index in [1.54, 1.807) is 10.6 Å². The molecule has 6 nitrogen and oxygen atoms in total. The maximum atomic E-state index is 13.0. The summed E-state index contributed by atoms with van der Waals surface area (Å²) in [4.78, 5) is 30.2. The van der Waals surface area contributed by atoms with Crippen molar-refractivity contribution >= 4 is 28.6 Å². The first kappa shape index (κ1) is 21.4. The van der Waals surface area contributed by atoms with Gasteiger partial charge in [0.05, 0.1) is 22.7 Å². The van der Waals surface area contributed by atoms with E-state index in [0.717, 1.165) is 25.7 Å². The maximum absolute atomic E-state index is 13.0. The van der Waals surface area contributed by atoms with Crippen LogP contribution in [0, 0.1) is 17.2 Å². The summed E-state index contributed by atoms with van der Waals surface area (Å²) in [6, 6.07) is 9.61. The second kappa shape index (κ2) is 9.45. The summed E-state index contributed by atoms with van der Waals surface area (Å²) in [6.45, 7) is 4.80. The summed E-state index contributed by atoms with van der Waals surface area (Å²) in [5.41, 5.74) is -0.175. The number of hydrogen-bond acceptors (Lipinski definition) is 5. The monoisotopic (exact) mass is 412 g/mol. The first-order valence-electron chi connectivity index (χ1n) is 10.3. The zero-order chi connectivity index (χ0) is 20.9. The summed E-state index contributed by atoms with van der Waals surface area (Å²) in [5.74, 6) is 0.406. The van der Waals surface area contributed by atoms with Crippen molar-refractivity contribution in [3.05, 3.63) is 34.6 Å². The molecule has 1 saturated carbocycles. The Morgan fingerprint density at radius 1 is 1.31 bits per heavy atom. The van der Waals surface area contributed by atoms with Crippen molar-refractivity contribution in [2.45, 2.75) is 69.6 Å². The molecule has 0 aliphatic heterocycles. The smallest absolute Gasteiger partial charge is 0.262 e. The standard InChI is InChI=1S/C22H28N4O2S/c1-16(2)10-13-26-20(28)17-8-4-5-9-18(17)24-21(26)29-14-19(27)25-22(15-23)11-6-3-7-12-22/h4-5,8-9,16H,3,6-7,10-14H2,1-2H3,(H,25,27). The molecule has 1 N–H and O–H groups in total. The molecule has 1 amide bonds. The lowest BCUT2D eigenvalue weighted by molar-refractivity contribution is -0.120. The lowest BCUT2D eigenvalue weighted by Gasteiger charge is -2.31. The molecule has 0 atom stereocenters. The molecule has 3 rings (SSSR count). The molecule has 0 bridgehead atoms. The predicted octanol–water partition coefficient (Wildman–Crippen LogP) is 3.88. The van der Waals surface area contributed by atoms with E-state index in [4.69, 9.17) is 0 Å². The molecule has 1 aromatic carbocycles. The lowest BCUT2D eigenvalue weighted by Crippen LogP contribution is -2.49. The predicted molar refractivity (Wildman–Crippen MR) is 116 cm³/mol. The summed E-state index contributed by atoms with van der Waals surface area (Å²) >= 11 is 1.26. The van der Waals surface area contributed by atoms with Gasteiger partial charge in [0.2, 0.25) is 5.91 Å².